The number of pyridine rings is 1. The number of nitrogens with one attached hydrogen (secondary N) is 1. The number of benzene rings is 3. The van der Waals surface area contributed by atoms with Gasteiger partial charge in [-0.1, -0.05) is 26.0 Å². The van der Waals surface area contributed by atoms with E-state index in [1.807, 2.05) is 12.1 Å². The topological polar surface area (TPSA) is 69.6 Å². The van der Waals surface area contributed by atoms with Gasteiger partial charge in [0.2, 0.25) is 0 Å². The van der Waals surface area contributed by atoms with Crippen LogP contribution in [0.4, 0.5) is 14.5 Å². The molecule has 0 bridgehead atoms. The Bertz CT molecular complexity index is 1530. The lowest BCUT2D eigenvalue weighted by Gasteiger charge is -2.17. The molecule has 196 valence electrons. The number of ether oxygens (including phenoxy) is 2. The van der Waals surface area contributed by atoms with Crippen LogP contribution < -0.4 is 20.3 Å². The number of nitrogens with zero attached hydrogens (tertiary/aromatic N) is 1. The van der Waals surface area contributed by atoms with Crippen molar-refractivity contribution in [3.05, 3.63) is 106 Å². The maximum Gasteiger partial charge on any atom is 0.255 e. The van der Waals surface area contributed by atoms with Crippen molar-refractivity contribution in [2.24, 2.45) is 7.05 Å². The van der Waals surface area contributed by atoms with Crippen molar-refractivity contribution < 1.29 is 23.0 Å². The fourth-order valence-corrected chi connectivity index (χ4v) is 3.90. The minimum Gasteiger partial charge on any atom is -0.493 e. The van der Waals surface area contributed by atoms with E-state index in [9.17, 15) is 18.4 Å². The Labute approximate surface area is 219 Å². The Kier molecular flexibility index (Phi) is 7.90. The highest BCUT2D eigenvalue weighted by Gasteiger charge is 2.18. The van der Waals surface area contributed by atoms with Gasteiger partial charge < -0.3 is 19.4 Å². The first-order valence-corrected chi connectivity index (χ1v) is 12.2. The summed E-state index contributed by atoms with van der Waals surface area (Å²) >= 11 is 0. The number of aromatic nitrogens is 1. The standard InChI is InChI=1S/C30H28F2N2O4/c1-5-37-28-16-29(35)34(4)17-24(28)23-15-22(33-30(36)20-8-6-19(7-9-20)18(2)3)11-13-26(23)38-27-12-10-21(31)14-25(27)32/h6-18H,5H2,1-4H3,(H,33,36). The Hall–Kier alpha value is -4.46. The van der Waals surface area contributed by atoms with Gasteiger partial charge in [-0.2, -0.15) is 0 Å². The lowest BCUT2D eigenvalue weighted by atomic mass is 10.0. The van der Waals surface area contributed by atoms with Gasteiger partial charge in [0.15, 0.2) is 11.6 Å². The van der Waals surface area contributed by atoms with E-state index in [2.05, 4.69) is 19.2 Å². The molecule has 0 aliphatic rings. The molecule has 0 aliphatic carbocycles. The average molecular weight is 519 g/mol. The Morgan fingerprint density at radius 3 is 2.29 bits per heavy atom. The van der Waals surface area contributed by atoms with Crippen molar-refractivity contribution in [1.29, 1.82) is 0 Å². The van der Waals surface area contributed by atoms with Crippen LogP contribution in [-0.4, -0.2) is 17.1 Å². The van der Waals surface area contributed by atoms with E-state index in [1.54, 1.807) is 50.5 Å². The molecule has 4 rings (SSSR count). The summed E-state index contributed by atoms with van der Waals surface area (Å²) in [6.07, 6.45) is 1.58. The zero-order valence-electron chi connectivity index (χ0n) is 21.5. The van der Waals surface area contributed by atoms with Crippen molar-refractivity contribution >= 4 is 11.6 Å². The maximum atomic E-state index is 14.4. The molecule has 1 heterocycles. The summed E-state index contributed by atoms with van der Waals surface area (Å²) in [5, 5.41) is 2.88. The summed E-state index contributed by atoms with van der Waals surface area (Å²) in [6.45, 7) is 6.24. The number of hydrogen-bond acceptors (Lipinski definition) is 4. The second-order valence-electron chi connectivity index (χ2n) is 9.05. The monoisotopic (exact) mass is 518 g/mol. The quantitative estimate of drug-likeness (QED) is 0.276. The van der Waals surface area contributed by atoms with Crippen LogP contribution in [-0.2, 0) is 7.05 Å². The molecule has 0 atom stereocenters. The van der Waals surface area contributed by atoms with E-state index in [1.165, 1.54) is 16.7 Å². The predicted octanol–water partition coefficient (Wildman–Crippen LogP) is 6.90. The van der Waals surface area contributed by atoms with E-state index in [-0.39, 0.29) is 23.0 Å². The van der Waals surface area contributed by atoms with Gasteiger partial charge in [-0.25, -0.2) is 8.78 Å². The van der Waals surface area contributed by atoms with Crippen LogP contribution in [0.25, 0.3) is 11.1 Å². The van der Waals surface area contributed by atoms with Crippen LogP contribution >= 0.6 is 0 Å². The normalized spacial score (nSPS) is 10.9. The summed E-state index contributed by atoms with van der Waals surface area (Å²) in [7, 11) is 1.59. The third-order valence-corrected chi connectivity index (χ3v) is 5.97. The average Bonchev–Trinajstić information content (AvgIpc) is 2.88. The molecule has 0 aliphatic heterocycles. The number of halogens is 2. The highest BCUT2D eigenvalue weighted by molar-refractivity contribution is 6.04. The van der Waals surface area contributed by atoms with Gasteiger partial charge >= 0.3 is 0 Å². The lowest BCUT2D eigenvalue weighted by Crippen LogP contribution is -2.16. The first-order chi connectivity index (χ1) is 18.2. The lowest BCUT2D eigenvalue weighted by molar-refractivity contribution is 0.102. The Morgan fingerprint density at radius 2 is 1.63 bits per heavy atom. The molecule has 6 nitrogen and oxygen atoms in total. The molecule has 0 fully saturated rings. The first-order valence-electron chi connectivity index (χ1n) is 12.2. The van der Waals surface area contributed by atoms with Crippen LogP contribution in [0.5, 0.6) is 17.2 Å². The Balaban J connectivity index is 1.77. The summed E-state index contributed by atoms with van der Waals surface area (Å²) < 4.78 is 40.8. The summed E-state index contributed by atoms with van der Waals surface area (Å²) in [4.78, 5) is 25.3. The van der Waals surface area contributed by atoms with Crippen molar-refractivity contribution in [2.75, 3.05) is 11.9 Å². The van der Waals surface area contributed by atoms with Crippen molar-refractivity contribution in [3.63, 3.8) is 0 Å². The highest BCUT2D eigenvalue weighted by atomic mass is 19.1. The molecule has 0 unspecified atom stereocenters. The number of carbonyl (C=O) groups excluding carboxylic acids is 1. The third kappa shape index (κ3) is 5.91. The molecule has 8 heteroatoms. The molecule has 4 aromatic rings. The molecular weight excluding hydrogens is 490 g/mol. The fraction of sp³-hybridized carbons (Fsp3) is 0.200. The molecule has 1 amide bonds. The molecule has 1 aromatic heterocycles. The van der Waals surface area contributed by atoms with Crippen molar-refractivity contribution in [2.45, 2.75) is 26.7 Å². The van der Waals surface area contributed by atoms with E-state index in [0.29, 0.717) is 40.7 Å². The molecule has 1 N–H and O–H groups in total. The molecule has 38 heavy (non-hydrogen) atoms. The first kappa shape index (κ1) is 26.6. The van der Waals surface area contributed by atoms with Gasteiger partial charge in [-0.15, -0.1) is 0 Å². The predicted molar refractivity (Wildman–Crippen MR) is 143 cm³/mol. The van der Waals surface area contributed by atoms with Gasteiger partial charge in [-0.05, 0) is 60.9 Å². The third-order valence-electron chi connectivity index (χ3n) is 5.97. The van der Waals surface area contributed by atoms with Crippen LogP contribution in [0.1, 0.15) is 42.6 Å². The minimum atomic E-state index is -0.872. The van der Waals surface area contributed by atoms with Gasteiger partial charge in [0, 0.05) is 47.8 Å². The molecule has 3 aromatic carbocycles. The van der Waals surface area contributed by atoms with Crippen LogP contribution in [0.15, 0.2) is 77.7 Å². The summed E-state index contributed by atoms with van der Waals surface area (Å²) in [5.74, 6) is -1.24. The number of amides is 1. The van der Waals surface area contributed by atoms with Crippen LogP contribution in [0.2, 0.25) is 0 Å². The molecule has 0 saturated heterocycles. The smallest absolute Gasteiger partial charge is 0.255 e. The SMILES string of the molecule is CCOc1cc(=O)n(C)cc1-c1cc(NC(=O)c2ccc(C(C)C)cc2)ccc1Oc1ccc(F)cc1F. The highest BCUT2D eigenvalue weighted by Crippen LogP contribution is 2.40. The van der Waals surface area contributed by atoms with Gasteiger partial charge in [0.05, 0.1) is 6.61 Å². The van der Waals surface area contributed by atoms with Crippen LogP contribution in [0.3, 0.4) is 0 Å². The molecule has 0 spiro atoms. The molecular formula is C30H28F2N2O4. The second-order valence-corrected chi connectivity index (χ2v) is 9.05. The maximum absolute atomic E-state index is 14.4. The second kappa shape index (κ2) is 11.3. The number of hydrogen-bond donors (Lipinski definition) is 1. The zero-order chi connectivity index (χ0) is 27.4. The number of anilines is 1. The summed E-state index contributed by atoms with van der Waals surface area (Å²) in [6, 6.07) is 16.6. The van der Waals surface area contributed by atoms with E-state index in [4.69, 9.17) is 9.47 Å². The number of rotatable bonds is 8. The largest absolute Gasteiger partial charge is 0.493 e. The molecule has 0 radical (unpaired) electrons. The van der Waals surface area contributed by atoms with E-state index < -0.39 is 11.6 Å². The molecule has 0 saturated carbocycles. The van der Waals surface area contributed by atoms with Crippen LogP contribution in [0, 0.1) is 11.6 Å². The fourth-order valence-electron chi connectivity index (χ4n) is 3.90. The van der Waals surface area contributed by atoms with Crippen molar-refractivity contribution in [3.8, 4) is 28.4 Å². The van der Waals surface area contributed by atoms with E-state index >= 15 is 0 Å². The van der Waals surface area contributed by atoms with Gasteiger partial charge in [0.1, 0.15) is 17.3 Å². The van der Waals surface area contributed by atoms with Crippen molar-refractivity contribution in [1.82, 2.24) is 4.57 Å². The zero-order valence-corrected chi connectivity index (χ0v) is 21.5. The number of aryl methyl sites for hydroxylation is 1. The number of carbonyl (C=O) groups is 1. The van der Waals surface area contributed by atoms with E-state index in [0.717, 1.165) is 17.7 Å². The summed E-state index contributed by atoms with van der Waals surface area (Å²) in [5.41, 5.74) is 2.70. The Morgan fingerprint density at radius 1 is 0.921 bits per heavy atom. The van der Waals surface area contributed by atoms with Gasteiger partial charge in [-0.3, -0.25) is 9.59 Å². The minimum absolute atomic E-state index is 0.183. The van der Waals surface area contributed by atoms with Gasteiger partial charge in [0.25, 0.3) is 11.5 Å².